The second kappa shape index (κ2) is 8.97. The van der Waals surface area contributed by atoms with Gasteiger partial charge in [0.05, 0.1) is 17.4 Å². The van der Waals surface area contributed by atoms with Gasteiger partial charge in [-0.2, -0.15) is 5.10 Å². The average Bonchev–Trinajstić information content (AvgIpc) is 3.24. The van der Waals surface area contributed by atoms with E-state index in [1.807, 2.05) is 6.07 Å². The third-order valence-electron chi connectivity index (χ3n) is 6.94. The van der Waals surface area contributed by atoms with Gasteiger partial charge in [-0.3, -0.25) is 0 Å². The normalized spacial score (nSPS) is 14.6. The molecule has 0 saturated carbocycles. The molecule has 9 nitrogen and oxygen atoms in total. The molecule has 0 bridgehead atoms. The molecule has 0 atom stereocenters. The molecule has 4 heterocycles. The van der Waals surface area contributed by atoms with Gasteiger partial charge in [-0.25, -0.2) is 24.0 Å². The van der Waals surface area contributed by atoms with Crippen LogP contribution >= 0.6 is 0 Å². The number of phenols is 1. The first-order valence-corrected chi connectivity index (χ1v) is 12.2. The number of pyridine rings is 1. The van der Waals surface area contributed by atoms with Crippen LogP contribution in [0.4, 0.5) is 16.0 Å². The Balaban J connectivity index is 1.52. The molecular formula is C27H27FN8O. The van der Waals surface area contributed by atoms with E-state index in [1.54, 1.807) is 4.68 Å². The minimum Gasteiger partial charge on any atom is -0.508 e. The van der Waals surface area contributed by atoms with Crippen LogP contribution in [-0.2, 0) is 6.54 Å². The number of rotatable bonds is 4. The van der Waals surface area contributed by atoms with Crippen molar-refractivity contribution in [3.05, 3.63) is 65.7 Å². The van der Waals surface area contributed by atoms with Crippen molar-refractivity contribution in [3.8, 4) is 17.0 Å². The lowest BCUT2D eigenvalue weighted by Gasteiger charge is -2.34. The Hall–Kier alpha value is -4.31. The van der Waals surface area contributed by atoms with Gasteiger partial charge in [0.2, 0.25) is 0 Å². The van der Waals surface area contributed by atoms with E-state index < -0.39 is 5.82 Å². The smallest absolute Gasteiger partial charge is 0.164 e. The number of anilines is 2. The van der Waals surface area contributed by atoms with Crippen molar-refractivity contribution < 1.29 is 9.50 Å². The lowest BCUT2D eigenvalue weighted by Crippen LogP contribution is -2.45. The lowest BCUT2D eigenvalue weighted by molar-refractivity contribution is 0.312. The molecule has 0 spiro atoms. The van der Waals surface area contributed by atoms with Gasteiger partial charge in [-0.15, -0.1) is 0 Å². The molecule has 2 aromatic carbocycles. The molecule has 1 fully saturated rings. The third-order valence-corrected chi connectivity index (χ3v) is 6.94. The highest BCUT2D eigenvalue weighted by Crippen LogP contribution is 2.34. The molecule has 0 aliphatic carbocycles. The molecule has 188 valence electrons. The molecule has 1 saturated heterocycles. The number of nitrogens with two attached hydrogens (primary N) is 1. The number of para-hydroxylation sites is 1. The number of aromatic nitrogens is 5. The molecule has 5 aromatic rings. The van der Waals surface area contributed by atoms with Gasteiger partial charge in [0.15, 0.2) is 5.65 Å². The topological polar surface area (TPSA) is 109 Å². The Bertz CT molecular complexity index is 1620. The summed E-state index contributed by atoms with van der Waals surface area (Å²) in [5.74, 6) is 0.395. The zero-order valence-electron chi connectivity index (χ0n) is 20.7. The minimum atomic E-state index is -0.570. The summed E-state index contributed by atoms with van der Waals surface area (Å²) in [6.07, 6.45) is 1.39. The maximum atomic E-state index is 14.2. The fourth-order valence-corrected chi connectivity index (χ4v) is 5.00. The number of phenolic OH excluding ortho intramolecular Hbond substituents is 1. The molecule has 1 aliphatic rings. The highest BCUT2D eigenvalue weighted by molar-refractivity contribution is 5.98. The molecule has 0 amide bonds. The van der Waals surface area contributed by atoms with E-state index >= 15 is 0 Å². The molecule has 3 N–H and O–H groups in total. The second-order valence-corrected chi connectivity index (χ2v) is 9.57. The third kappa shape index (κ3) is 4.19. The van der Waals surface area contributed by atoms with Crippen molar-refractivity contribution in [1.82, 2.24) is 29.6 Å². The number of likely N-dealkylation sites (N-methyl/N-ethyl adjacent to an activating group) is 1. The number of hydrogen-bond donors (Lipinski definition) is 2. The van der Waals surface area contributed by atoms with Crippen LogP contribution in [0.15, 0.2) is 48.8 Å². The molecule has 10 heteroatoms. The van der Waals surface area contributed by atoms with Gasteiger partial charge in [-0.1, -0.05) is 18.2 Å². The molecule has 1 aliphatic heterocycles. The molecule has 37 heavy (non-hydrogen) atoms. The van der Waals surface area contributed by atoms with Crippen molar-refractivity contribution in [1.29, 1.82) is 0 Å². The van der Waals surface area contributed by atoms with E-state index in [4.69, 9.17) is 15.8 Å². The Morgan fingerprint density at radius 1 is 1.05 bits per heavy atom. The van der Waals surface area contributed by atoms with Gasteiger partial charge in [0.25, 0.3) is 0 Å². The number of hydrogen-bond acceptors (Lipinski definition) is 8. The Morgan fingerprint density at radius 3 is 2.65 bits per heavy atom. The summed E-state index contributed by atoms with van der Waals surface area (Å²) >= 11 is 0. The molecule has 0 unspecified atom stereocenters. The second-order valence-electron chi connectivity index (χ2n) is 9.57. The van der Waals surface area contributed by atoms with Crippen LogP contribution in [0.25, 0.3) is 33.2 Å². The lowest BCUT2D eigenvalue weighted by atomic mass is 10.1. The summed E-state index contributed by atoms with van der Waals surface area (Å²) in [6.45, 7) is 6.10. The zero-order valence-corrected chi connectivity index (χ0v) is 20.7. The predicted octanol–water partition coefficient (Wildman–Crippen LogP) is 3.58. The standard InChI is InChI=1S/C27H27FN8O/c1-16-4-3-5-17-10-19(26(32-23(16)17)35-8-6-34(2)7-9-35)14-36-27-22(25(29)30-15-31-27)24(33-36)18-11-20(28)13-21(37)12-18/h3-5,10-13,15,37H,6-9,14H2,1-2H3,(H2,29,30,31). The largest absolute Gasteiger partial charge is 0.508 e. The number of fused-ring (bicyclic) bond motifs is 2. The number of piperazine rings is 1. The first kappa shape index (κ1) is 23.1. The first-order valence-electron chi connectivity index (χ1n) is 12.2. The molecule has 3 aromatic heterocycles. The summed E-state index contributed by atoms with van der Waals surface area (Å²) in [7, 11) is 2.13. The van der Waals surface area contributed by atoms with E-state index in [0.29, 0.717) is 28.8 Å². The van der Waals surface area contributed by atoms with E-state index in [1.165, 1.54) is 18.5 Å². The quantitative estimate of drug-likeness (QED) is 0.387. The number of benzene rings is 2. The number of nitrogen functional groups attached to an aromatic ring is 1. The van der Waals surface area contributed by atoms with Gasteiger partial charge in [-0.05, 0) is 37.7 Å². The fourth-order valence-electron chi connectivity index (χ4n) is 5.00. The van der Waals surface area contributed by atoms with E-state index in [9.17, 15) is 9.50 Å². The summed E-state index contributed by atoms with van der Waals surface area (Å²) in [4.78, 5) is 18.4. The van der Waals surface area contributed by atoms with Crippen LogP contribution in [0.5, 0.6) is 5.75 Å². The molecular weight excluding hydrogens is 471 g/mol. The number of halogens is 1. The Labute approximate surface area is 213 Å². The highest BCUT2D eigenvalue weighted by atomic mass is 19.1. The maximum absolute atomic E-state index is 14.2. The summed E-state index contributed by atoms with van der Waals surface area (Å²) < 4.78 is 15.9. The number of aromatic hydroxyl groups is 1. The van der Waals surface area contributed by atoms with Crippen molar-refractivity contribution in [3.63, 3.8) is 0 Å². The van der Waals surface area contributed by atoms with Crippen LogP contribution in [0.2, 0.25) is 0 Å². The predicted molar refractivity (Wildman–Crippen MR) is 142 cm³/mol. The van der Waals surface area contributed by atoms with E-state index in [2.05, 4.69) is 51.9 Å². The van der Waals surface area contributed by atoms with Crippen LogP contribution < -0.4 is 10.6 Å². The first-order chi connectivity index (χ1) is 17.9. The van der Waals surface area contributed by atoms with Crippen LogP contribution in [0.3, 0.4) is 0 Å². The number of nitrogens with zero attached hydrogens (tertiary/aromatic N) is 7. The van der Waals surface area contributed by atoms with Gasteiger partial charge < -0.3 is 20.6 Å². The summed E-state index contributed by atoms with van der Waals surface area (Å²) in [5.41, 5.74) is 10.7. The summed E-state index contributed by atoms with van der Waals surface area (Å²) in [6, 6.07) is 12.2. The van der Waals surface area contributed by atoms with Crippen LogP contribution in [0.1, 0.15) is 11.1 Å². The highest BCUT2D eigenvalue weighted by Gasteiger charge is 2.23. The SMILES string of the molecule is Cc1cccc2cc(Cn3nc(-c4cc(O)cc(F)c4)c4c(N)ncnc43)c(N3CCN(C)CC3)nc12. The molecule has 0 radical (unpaired) electrons. The van der Waals surface area contributed by atoms with Crippen molar-refractivity contribution in [2.75, 3.05) is 43.9 Å². The molecule has 6 rings (SSSR count). The Kier molecular flexibility index (Phi) is 5.60. The van der Waals surface area contributed by atoms with E-state index in [-0.39, 0.29) is 11.6 Å². The van der Waals surface area contributed by atoms with Crippen LogP contribution in [-0.4, -0.2) is 68.0 Å². The van der Waals surface area contributed by atoms with Gasteiger partial charge in [0, 0.05) is 48.8 Å². The average molecular weight is 499 g/mol. The fraction of sp³-hybridized carbons (Fsp3) is 0.259. The summed E-state index contributed by atoms with van der Waals surface area (Å²) in [5, 5.41) is 16.4. The maximum Gasteiger partial charge on any atom is 0.164 e. The van der Waals surface area contributed by atoms with Crippen LogP contribution in [0, 0.1) is 12.7 Å². The van der Waals surface area contributed by atoms with Crippen molar-refractivity contribution in [2.24, 2.45) is 0 Å². The Morgan fingerprint density at radius 2 is 1.86 bits per heavy atom. The zero-order chi connectivity index (χ0) is 25.7. The minimum absolute atomic E-state index is 0.195. The van der Waals surface area contributed by atoms with Crippen molar-refractivity contribution in [2.45, 2.75) is 13.5 Å². The number of aryl methyl sites for hydroxylation is 1. The monoisotopic (exact) mass is 498 g/mol. The van der Waals surface area contributed by atoms with Gasteiger partial charge >= 0.3 is 0 Å². The van der Waals surface area contributed by atoms with E-state index in [0.717, 1.165) is 60.1 Å². The van der Waals surface area contributed by atoms with Gasteiger partial charge in [0.1, 0.15) is 35.2 Å². The van der Waals surface area contributed by atoms with Crippen molar-refractivity contribution >= 4 is 33.6 Å².